The van der Waals surface area contributed by atoms with E-state index in [0.29, 0.717) is 37.4 Å². The lowest BCUT2D eigenvalue weighted by Crippen LogP contribution is -2.56. The summed E-state index contributed by atoms with van der Waals surface area (Å²) in [7, 11) is -2.06. The summed E-state index contributed by atoms with van der Waals surface area (Å²) in [6.45, 7) is 0.566. The normalized spacial score (nSPS) is 19.9. The zero-order chi connectivity index (χ0) is 25.7. The average molecular weight is 517 g/mol. The van der Waals surface area contributed by atoms with Gasteiger partial charge in [0.15, 0.2) is 0 Å². The van der Waals surface area contributed by atoms with Crippen molar-refractivity contribution in [3.05, 3.63) is 59.5 Å². The number of aliphatic hydroxyl groups is 1. The van der Waals surface area contributed by atoms with Crippen molar-refractivity contribution in [2.45, 2.75) is 24.3 Å². The summed E-state index contributed by atoms with van der Waals surface area (Å²) < 4.78 is 46.3. The molecule has 36 heavy (non-hydrogen) atoms. The van der Waals surface area contributed by atoms with Crippen molar-refractivity contribution < 1.29 is 27.4 Å². The molecule has 2 aliphatic rings. The number of rotatable bonds is 4. The highest BCUT2D eigenvalue weighted by Gasteiger charge is 2.50. The number of methoxy groups -OCH3 is 1. The van der Waals surface area contributed by atoms with Crippen LogP contribution < -0.4 is 10.1 Å². The fraction of sp³-hybridized carbons (Fsp3) is 0.400. The van der Waals surface area contributed by atoms with Gasteiger partial charge in [-0.25, -0.2) is 17.6 Å². The van der Waals surface area contributed by atoms with Gasteiger partial charge >= 0.3 is 6.03 Å². The molecule has 9 nitrogen and oxygen atoms in total. The predicted octanol–water partition coefficient (Wildman–Crippen LogP) is 3.19. The lowest BCUT2D eigenvalue weighted by atomic mass is 9.69. The second-order valence-electron chi connectivity index (χ2n) is 9.51. The molecule has 2 aromatic carbocycles. The highest BCUT2D eigenvalue weighted by atomic mass is 32.2. The van der Waals surface area contributed by atoms with Crippen molar-refractivity contribution in [2.24, 2.45) is 0 Å². The minimum absolute atomic E-state index is 0.113. The number of aliphatic hydroxyl groups excluding tert-OH is 1. The van der Waals surface area contributed by atoms with E-state index < -0.39 is 33.3 Å². The number of nitrogens with zero attached hydrogens (tertiary/aromatic N) is 2. The van der Waals surface area contributed by atoms with Gasteiger partial charge in [0.2, 0.25) is 10.0 Å². The standard InChI is InChI=1S/C25H29FN4O5S/c1-35-16-7-8-17-20(13-16)27-23-21(14-31)30(36(2,33)34)15-25(22(17)23)9-11-29(12-10-25)24(32)28-19-6-4-3-5-18(19)26/h3-8,13,21,27,31H,9-12,14-15H2,1-2H3,(H,28,32)/t21-/m0/s1. The number of carbonyl (C=O) groups excluding carboxylic acids is 1. The molecular weight excluding hydrogens is 487 g/mol. The largest absolute Gasteiger partial charge is 0.497 e. The van der Waals surface area contributed by atoms with Gasteiger partial charge in [0, 0.05) is 47.7 Å². The quantitative estimate of drug-likeness (QED) is 0.493. The Labute approximate surface area is 208 Å². The van der Waals surface area contributed by atoms with Gasteiger partial charge in [0.1, 0.15) is 11.6 Å². The highest BCUT2D eigenvalue weighted by Crippen LogP contribution is 2.49. The third-order valence-electron chi connectivity index (χ3n) is 7.43. The first-order valence-electron chi connectivity index (χ1n) is 11.7. The van der Waals surface area contributed by atoms with E-state index in [0.717, 1.165) is 22.7 Å². The number of sulfonamides is 1. The number of fused-ring (bicyclic) bond motifs is 4. The Morgan fingerprint density at radius 1 is 1.25 bits per heavy atom. The average Bonchev–Trinajstić information content (AvgIpc) is 3.25. The summed E-state index contributed by atoms with van der Waals surface area (Å²) in [5.41, 5.74) is 2.00. The molecule has 2 aliphatic heterocycles. The Morgan fingerprint density at radius 2 is 1.97 bits per heavy atom. The van der Waals surface area contributed by atoms with Gasteiger partial charge in [-0.15, -0.1) is 0 Å². The lowest BCUT2D eigenvalue weighted by Gasteiger charge is -2.49. The van der Waals surface area contributed by atoms with Gasteiger partial charge in [-0.1, -0.05) is 12.1 Å². The molecule has 5 rings (SSSR count). The van der Waals surface area contributed by atoms with Crippen LogP contribution in [0.2, 0.25) is 0 Å². The van der Waals surface area contributed by atoms with Crippen molar-refractivity contribution in [1.82, 2.24) is 14.2 Å². The van der Waals surface area contributed by atoms with E-state index in [1.54, 1.807) is 24.1 Å². The molecule has 3 aromatic rings. The second-order valence-corrected chi connectivity index (χ2v) is 11.4. The minimum Gasteiger partial charge on any atom is -0.497 e. The number of likely N-dealkylation sites (tertiary alicyclic amines) is 1. The predicted molar refractivity (Wildman–Crippen MR) is 134 cm³/mol. The van der Waals surface area contributed by atoms with Crippen LogP contribution in [0, 0.1) is 5.82 Å². The summed E-state index contributed by atoms with van der Waals surface area (Å²) in [4.78, 5) is 17.9. The molecule has 0 radical (unpaired) electrons. The first kappa shape index (κ1) is 24.5. The van der Waals surface area contributed by atoms with Crippen molar-refractivity contribution >= 4 is 32.6 Å². The molecule has 0 unspecified atom stereocenters. The van der Waals surface area contributed by atoms with Crippen LogP contribution >= 0.6 is 0 Å². The maximum atomic E-state index is 14.0. The van der Waals surface area contributed by atoms with Crippen molar-refractivity contribution in [3.63, 3.8) is 0 Å². The molecule has 192 valence electrons. The number of benzene rings is 2. The lowest BCUT2D eigenvalue weighted by molar-refractivity contribution is 0.107. The highest BCUT2D eigenvalue weighted by molar-refractivity contribution is 7.88. The zero-order valence-electron chi connectivity index (χ0n) is 20.1. The van der Waals surface area contributed by atoms with Gasteiger partial charge in [0.05, 0.1) is 31.7 Å². The number of ether oxygens (including phenoxy) is 1. The molecule has 1 spiro atoms. The fourth-order valence-corrected chi connectivity index (χ4v) is 6.73. The number of amides is 2. The number of H-pyrrole nitrogens is 1. The summed E-state index contributed by atoms with van der Waals surface area (Å²) >= 11 is 0. The van der Waals surface area contributed by atoms with Crippen LogP contribution in [0.5, 0.6) is 5.75 Å². The molecule has 1 saturated heterocycles. The molecule has 1 aromatic heterocycles. The van der Waals surface area contributed by atoms with Crippen molar-refractivity contribution in [3.8, 4) is 5.75 Å². The van der Waals surface area contributed by atoms with Crippen LogP contribution in [0.3, 0.4) is 0 Å². The Bertz CT molecular complexity index is 1420. The van der Waals surface area contributed by atoms with E-state index in [1.165, 1.54) is 16.4 Å². The zero-order valence-corrected chi connectivity index (χ0v) is 20.9. The number of piperidine rings is 1. The molecule has 0 bridgehead atoms. The second kappa shape index (κ2) is 9.06. The number of hydrogen-bond acceptors (Lipinski definition) is 5. The smallest absolute Gasteiger partial charge is 0.321 e. The number of halogens is 1. The maximum Gasteiger partial charge on any atom is 0.321 e. The number of aromatic nitrogens is 1. The van der Waals surface area contributed by atoms with Gasteiger partial charge < -0.3 is 25.0 Å². The Balaban J connectivity index is 1.51. The van der Waals surface area contributed by atoms with Crippen molar-refractivity contribution in [1.29, 1.82) is 0 Å². The molecule has 0 saturated carbocycles. The molecular formula is C25H29FN4O5S. The number of hydrogen-bond donors (Lipinski definition) is 3. The van der Waals surface area contributed by atoms with Gasteiger partial charge in [-0.3, -0.25) is 0 Å². The van der Waals surface area contributed by atoms with E-state index in [1.807, 2.05) is 18.2 Å². The maximum absolute atomic E-state index is 14.0. The fourth-order valence-electron chi connectivity index (χ4n) is 5.61. The number of urea groups is 1. The molecule has 2 amide bonds. The van der Waals surface area contributed by atoms with E-state index >= 15 is 0 Å². The number of carbonyl (C=O) groups is 1. The molecule has 0 aliphatic carbocycles. The number of nitrogens with one attached hydrogen (secondary N) is 2. The summed E-state index contributed by atoms with van der Waals surface area (Å²) in [6.07, 6.45) is 2.17. The first-order chi connectivity index (χ1) is 17.2. The van der Waals surface area contributed by atoms with Crippen LogP contribution in [-0.2, 0) is 15.4 Å². The number of aromatic amines is 1. The summed E-state index contributed by atoms with van der Waals surface area (Å²) in [5, 5.41) is 13.8. The van der Waals surface area contributed by atoms with Gasteiger partial charge in [0.25, 0.3) is 0 Å². The van der Waals surface area contributed by atoms with Crippen LogP contribution in [-0.4, -0.2) is 73.4 Å². The Hall–Kier alpha value is -3.15. The molecule has 11 heteroatoms. The molecule has 3 heterocycles. The number of para-hydroxylation sites is 1. The first-order valence-corrected chi connectivity index (χ1v) is 13.6. The third kappa shape index (κ3) is 4.10. The van der Waals surface area contributed by atoms with Crippen LogP contribution in [0.4, 0.5) is 14.9 Å². The van der Waals surface area contributed by atoms with Crippen LogP contribution in [0.1, 0.15) is 30.1 Å². The van der Waals surface area contributed by atoms with Crippen LogP contribution in [0.15, 0.2) is 42.5 Å². The monoisotopic (exact) mass is 516 g/mol. The molecule has 1 atom stereocenters. The van der Waals surface area contributed by atoms with Crippen molar-refractivity contribution in [2.75, 3.05) is 44.9 Å². The van der Waals surface area contributed by atoms with E-state index in [2.05, 4.69) is 10.3 Å². The van der Waals surface area contributed by atoms with Crippen LogP contribution in [0.25, 0.3) is 10.9 Å². The molecule has 3 N–H and O–H groups in total. The minimum atomic E-state index is -3.64. The van der Waals surface area contributed by atoms with E-state index in [9.17, 15) is 22.7 Å². The Morgan fingerprint density at radius 3 is 2.61 bits per heavy atom. The summed E-state index contributed by atoms with van der Waals surface area (Å²) in [6, 6.07) is 10.5. The topological polar surface area (TPSA) is 115 Å². The summed E-state index contributed by atoms with van der Waals surface area (Å²) in [5.74, 6) is 0.152. The van der Waals surface area contributed by atoms with Gasteiger partial charge in [-0.2, -0.15) is 4.31 Å². The number of anilines is 1. The van der Waals surface area contributed by atoms with E-state index in [-0.39, 0.29) is 18.8 Å². The Kier molecular flexibility index (Phi) is 6.17. The third-order valence-corrected chi connectivity index (χ3v) is 8.66. The molecule has 1 fully saturated rings. The SMILES string of the molecule is COc1ccc2c3c([nH]c2c1)[C@H](CO)N(S(C)(=O)=O)CC31CCN(C(=O)Nc2ccccc2F)CC1. The van der Waals surface area contributed by atoms with Gasteiger partial charge in [-0.05, 0) is 42.7 Å². The van der Waals surface area contributed by atoms with E-state index in [4.69, 9.17) is 4.74 Å².